The number of carbonyl (C=O) groups is 2. The smallest absolute Gasteiger partial charge is 0.338 e. The standard InChI is InChI=1S/C16H22N2O5S/c1-12(15(19)18-9-4-3-5-10-18)23-16(20)13-7-6-8-14(11-13)24(21,22)17-2/h6-8,11-12,17H,3-5,9-10H2,1-2H3/t12-/m1/s1. The molecule has 8 heteroatoms. The van der Waals surface area contributed by atoms with E-state index in [0.29, 0.717) is 13.1 Å². The first-order valence-corrected chi connectivity index (χ1v) is 9.37. The van der Waals surface area contributed by atoms with Gasteiger partial charge in [0.1, 0.15) is 0 Å². The van der Waals surface area contributed by atoms with E-state index >= 15 is 0 Å². The highest BCUT2D eigenvalue weighted by Crippen LogP contribution is 2.15. The van der Waals surface area contributed by atoms with Crippen molar-refractivity contribution in [3.63, 3.8) is 0 Å². The van der Waals surface area contributed by atoms with Gasteiger partial charge in [0.25, 0.3) is 5.91 Å². The highest BCUT2D eigenvalue weighted by atomic mass is 32.2. The summed E-state index contributed by atoms with van der Waals surface area (Å²) in [5.74, 6) is -0.942. The molecule has 1 heterocycles. The fourth-order valence-electron chi connectivity index (χ4n) is 2.56. The lowest BCUT2D eigenvalue weighted by atomic mass is 10.1. The second-order valence-corrected chi connectivity index (χ2v) is 7.56. The number of nitrogens with one attached hydrogen (secondary N) is 1. The van der Waals surface area contributed by atoms with Crippen LogP contribution in [-0.4, -0.2) is 51.4 Å². The first kappa shape index (κ1) is 18.4. The number of piperidine rings is 1. The Bertz CT molecular complexity index is 711. The Morgan fingerprint density at radius 2 is 1.88 bits per heavy atom. The molecule has 24 heavy (non-hydrogen) atoms. The quantitative estimate of drug-likeness (QED) is 0.801. The number of likely N-dealkylation sites (tertiary alicyclic amines) is 1. The second kappa shape index (κ2) is 7.76. The van der Waals surface area contributed by atoms with Crippen LogP contribution in [-0.2, 0) is 19.6 Å². The highest BCUT2D eigenvalue weighted by Gasteiger charge is 2.25. The van der Waals surface area contributed by atoms with Gasteiger partial charge in [-0.05, 0) is 51.4 Å². The zero-order chi connectivity index (χ0) is 17.7. The van der Waals surface area contributed by atoms with E-state index < -0.39 is 22.1 Å². The van der Waals surface area contributed by atoms with Crippen LogP contribution in [0.15, 0.2) is 29.2 Å². The Morgan fingerprint density at radius 1 is 1.21 bits per heavy atom. The van der Waals surface area contributed by atoms with Crippen molar-refractivity contribution in [1.82, 2.24) is 9.62 Å². The van der Waals surface area contributed by atoms with Crippen LogP contribution in [0.3, 0.4) is 0 Å². The topological polar surface area (TPSA) is 92.8 Å². The van der Waals surface area contributed by atoms with Crippen LogP contribution in [0.1, 0.15) is 36.5 Å². The predicted molar refractivity (Wildman–Crippen MR) is 88.0 cm³/mol. The van der Waals surface area contributed by atoms with Crippen molar-refractivity contribution in [3.8, 4) is 0 Å². The van der Waals surface area contributed by atoms with Crippen LogP contribution in [0, 0.1) is 0 Å². The summed E-state index contributed by atoms with van der Waals surface area (Å²) < 4.78 is 31.0. The third-order valence-electron chi connectivity index (χ3n) is 3.95. The number of benzene rings is 1. The number of rotatable bonds is 5. The normalized spacial score (nSPS) is 16.5. The van der Waals surface area contributed by atoms with Crippen molar-refractivity contribution < 1.29 is 22.7 Å². The summed E-state index contributed by atoms with van der Waals surface area (Å²) >= 11 is 0. The monoisotopic (exact) mass is 354 g/mol. The number of ether oxygens (including phenoxy) is 1. The molecule has 1 atom stereocenters. The summed E-state index contributed by atoms with van der Waals surface area (Å²) in [4.78, 5) is 26.1. The van der Waals surface area contributed by atoms with Gasteiger partial charge in [0, 0.05) is 13.1 Å². The number of esters is 1. The molecule has 1 aliphatic heterocycles. The Hall–Kier alpha value is -1.93. The molecule has 132 valence electrons. The van der Waals surface area contributed by atoms with Crippen molar-refractivity contribution in [2.75, 3.05) is 20.1 Å². The molecule has 0 aliphatic carbocycles. The number of sulfonamides is 1. The fourth-order valence-corrected chi connectivity index (χ4v) is 3.33. The lowest BCUT2D eigenvalue weighted by molar-refractivity contribution is -0.140. The predicted octanol–water partition coefficient (Wildman–Crippen LogP) is 1.15. The van der Waals surface area contributed by atoms with E-state index in [4.69, 9.17) is 4.74 Å². The van der Waals surface area contributed by atoms with Gasteiger partial charge in [-0.15, -0.1) is 0 Å². The van der Waals surface area contributed by atoms with E-state index in [1.165, 1.54) is 38.2 Å². The SMILES string of the molecule is CNS(=O)(=O)c1cccc(C(=O)O[C@H](C)C(=O)N2CCCCC2)c1. The molecular formula is C16H22N2O5S. The first-order valence-electron chi connectivity index (χ1n) is 7.88. The molecule has 2 rings (SSSR count). The minimum absolute atomic E-state index is 0.0329. The van der Waals surface area contributed by atoms with Crippen molar-refractivity contribution in [2.45, 2.75) is 37.2 Å². The van der Waals surface area contributed by atoms with Crippen LogP contribution in [0.25, 0.3) is 0 Å². The van der Waals surface area contributed by atoms with E-state index in [0.717, 1.165) is 19.3 Å². The van der Waals surface area contributed by atoms with Gasteiger partial charge in [0.2, 0.25) is 10.0 Å². The van der Waals surface area contributed by atoms with Crippen LogP contribution in [0.5, 0.6) is 0 Å². The van der Waals surface area contributed by atoms with Gasteiger partial charge in [-0.2, -0.15) is 0 Å². The van der Waals surface area contributed by atoms with E-state index in [1.54, 1.807) is 4.90 Å². The van der Waals surface area contributed by atoms with E-state index in [2.05, 4.69) is 4.72 Å². The lowest BCUT2D eigenvalue weighted by Crippen LogP contribution is -2.42. The van der Waals surface area contributed by atoms with Crippen LogP contribution in [0.4, 0.5) is 0 Å². The van der Waals surface area contributed by atoms with E-state index in [9.17, 15) is 18.0 Å². The van der Waals surface area contributed by atoms with Crippen molar-refractivity contribution in [2.24, 2.45) is 0 Å². The zero-order valence-electron chi connectivity index (χ0n) is 13.8. The summed E-state index contributed by atoms with van der Waals surface area (Å²) in [5, 5.41) is 0. The summed E-state index contributed by atoms with van der Waals surface area (Å²) in [6, 6.07) is 5.52. The fraction of sp³-hybridized carbons (Fsp3) is 0.500. The molecule has 0 radical (unpaired) electrons. The third-order valence-corrected chi connectivity index (χ3v) is 5.36. The van der Waals surface area contributed by atoms with Crippen molar-refractivity contribution >= 4 is 21.9 Å². The Morgan fingerprint density at radius 3 is 2.50 bits per heavy atom. The van der Waals surface area contributed by atoms with Crippen LogP contribution < -0.4 is 4.72 Å². The molecule has 1 fully saturated rings. The molecule has 7 nitrogen and oxygen atoms in total. The highest BCUT2D eigenvalue weighted by molar-refractivity contribution is 7.89. The maximum atomic E-state index is 12.3. The lowest BCUT2D eigenvalue weighted by Gasteiger charge is -2.28. The number of hydrogen-bond donors (Lipinski definition) is 1. The largest absolute Gasteiger partial charge is 0.449 e. The number of amides is 1. The minimum Gasteiger partial charge on any atom is -0.449 e. The van der Waals surface area contributed by atoms with Gasteiger partial charge in [-0.3, -0.25) is 4.79 Å². The summed E-state index contributed by atoms with van der Waals surface area (Å²) in [5.41, 5.74) is 0.0876. The number of nitrogens with zero attached hydrogens (tertiary/aromatic N) is 1. The maximum absolute atomic E-state index is 12.3. The number of hydrogen-bond acceptors (Lipinski definition) is 5. The average molecular weight is 354 g/mol. The molecule has 0 saturated carbocycles. The third kappa shape index (κ3) is 4.33. The van der Waals surface area contributed by atoms with Crippen molar-refractivity contribution in [1.29, 1.82) is 0 Å². The van der Waals surface area contributed by atoms with Gasteiger partial charge < -0.3 is 9.64 Å². The summed E-state index contributed by atoms with van der Waals surface area (Å²) in [7, 11) is -2.36. The molecule has 1 aromatic rings. The average Bonchev–Trinajstić information content (AvgIpc) is 2.61. The molecule has 1 N–H and O–H groups in total. The molecule has 1 amide bonds. The Balaban J connectivity index is 2.06. The summed E-state index contributed by atoms with van der Waals surface area (Å²) in [6.45, 7) is 2.89. The van der Waals surface area contributed by atoms with Crippen molar-refractivity contribution in [3.05, 3.63) is 29.8 Å². The van der Waals surface area contributed by atoms with Crippen LogP contribution in [0.2, 0.25) is 0 Å². The van der Waals surface area contributed by atoms with E-state index in [-0.39, 0.29) is 16.4 Å². The second-order valence-electron chi connectivity index (χ2n) is 5.67. The molecule has 1 aromatic carbocycles. The molecule has 0 unspecified atom stereocenters. The maximum Gasteiger partial charge on any atom is 0.338 e. The minimum atomic E-state index is -3.65. The van der Waals surface area contributed by atoms with Gasteiger partial charge >= 0.3 is 5.97 Å². The van der Waals surface area contributed by atoms with Crippen LogP contribution >= 0.6 is 0 Å². The number of carbonyl (C=O) groups excluding carboxylic acids is 2. The molecular weight excluding hydrogens is 332 g/mol. The molecule has 1 saturated heterocycles. The molecule has 0 aromatic heterocycles. The Labute approximate surface area is 142 Å². The van der Waals surface area contributed by atoms with Gasteiger partial charge in [-0.1, -0.05) is 6.07 Å². The van der Waals surface area contributed by atoms with Gasteiger partial charge in [0.15, 0.2) is 6.10 Å². The molecule has 0 spiro atoms. The van der Waals surface area contributed by atoms with Gasteiger partial charge in [-0.25, -0.2) is 17.9 Å². The van der Waals surface area contributed by atoms with Gasteiger partial charge in [0.05, 0.1) is 10.5 Å². The zero-order valence-corrected chi connectivity index (χ0v) is 14.6. The summed E-state index contributed by atoms with van der Waals surface area (Å²) in [6.07, 6.45) is 2.11. The first-order chi connectivity index (χ1) is 11.3. The molecule has 0 bridgehead atoms. The Kier molecular flexibility index (Phi) is 5.95. The molecule has 1 aliphatic rings. The van der Waals surface area contributed by atoms with E-state index in [1.807, 2.05) is 0 Å².